The highest BCUT2D eigenvalue weighted by atomic mass is 16.6. The molecule has 1 saturated heterocycles. The smallest absolute Gasteiger partial charge is 0.408 e. The van der Waals surface area contributed by atoms with Gasteiger partial charge in [-0.25, -0.2) is 4.79 Å². The van der Waals surface area contributed by atoms with E-state index in [2.05, 4.69) is 15.5 Å². The van der Waals surface area contributed by atoms with Crippen LogP contribution < -0.4 is 10.6 Å². The molecule has 1 rings (SSSR count). The minimum atomic E-state index is -0.609. The number of rotatable bonds is 10. The third-order valence-electron chi connectivity index (χ3n) is 4.37. The summed E-state index contributed by atoms with van der Waals surface area (Å²) in [5.74, 6) is -0.122. The molecule has 2 amide bonds. The number of hydrogen-bond donors (Lipinski definition) is 2. The van der Waals surface area contributed by atoms with Gasteiger partial charge in [-0.05, 0) is 53.0 Å². The Labute approximate surface area is 163 Å². The maximum Gasteiger partial charge on any atom is 0.408 e. The molecule has 0 aromatic carbocycles. The highest BCUT2D eigenvalue weighted by molar-refractivity contribution is 5.86. The summed E-state index contributed by atoms with van der Waals surface area (Å²) in [6.07, 6.45) is 1.87. The number of amides is 2. The van der Waals surface area contributed by atoms with Gasteiger partial charge in [0.25, 0.3) is 0 Å². The Morgan fingerprint density at radius 3 is 2.48 bits per heavy atom. The van der Waals surface area contributed by atoms with Crippen molar-refractivity contribution in [1.82, 2.24) is 15.5 Å². The van der Waals surface area contributed by atoms with Gasteiger partial charge >= 0.3 is 6.09 Å². The van der Waals surface area contributed by atoms with Gasteiger partial charge in [-0.15, -0.1) is 0 Å². The SMILES string of the molecule is COCCCN(C)CCNC(=O)[C@H](NC(=O)OC(C)(C)C)C1CCOCC1. The van der Waals surface area contributed by atoms with Gasteiger partial charge < -0.3 is 29.7 Å². The fourth-order valence-corrected chi connectivity index (χ4v) is 2.95. The summed E-state index contributed by atoms with van der Waals surface area (Å²) in [5.41, 5.74) is -0.605. The summed E-state index contributed by atoms with van der Waals surface area (Å²) >= 11 is 0. The molecule has 1 fully saturated rings. The van der Waals surface area contributed by atoms with Gasteiger partial charge in [-0.3, -0.25) is 4.79 Å². The zero-order valence-electron chi connectivity index (χ0n) is 17.5. The average Bonchev–Trinajstić information content (AvgIpc) is 2.59. The van der Waals surface area contributed by atoms with E-state index >= 15 is 0 Å². The van der Waals surface area contributed by atoms with Gasteiger partial charge in [0.15, 0.2) is 0 Å². The van der Waals surface area contributed by atoms with Crippen LogP contribution in [0.15, 0.2) is 0 Å². The number of carbonyl (C=O) groups is 2. The number of hydrogen-bond acceptors (Lipinski definition) is 6. The van der Waals surface area contributed by atoms with Gasteiger partial charge in [0.1, 0.15) is 11.6 Å². The van der Waals surface area contributed by atoms with Crippen LogP contribution in [0.1, 0.15) is 40.0 Å². The van der Waals surface area contributed by atoms with Crippen molar-refractivity contribution in [2.24, 2.45) is 5.92 Å². The Balaban J connectivity index is 2.53. The normalized spacial score (nSPS) is 16.8. The second-order valence-electron chi connectivity index (χ2n) is 8.01. The number of alkyl carbamates (subject to hydrolysis) is 1. The van der Waals surface area contributed by atoms with Gasteiger partial charge in [0.05, 0.1) is 0 Å². The van der Waals surface area contributed by atoms with Crippen molar-refractivity contribution in [2.75, 3.05) is 53.6 Å². The third-order valence-corrected chi connectivity index (χ3v) is 4.37. The highest BCUT2D eigenvalue weighted by Gasteiger charge is 2.32. The predicted molar refractivity (Wildman–Crippen MR) is 104 cm³/mol. The molecule has 2 N–H and O–H groups in total. The first-order valence-corrected chi connectivity index (χ1v) is 9.75. The van der Waals surface area contributed by atoms with Gasteiger partial charge in [0, 0.05) is 46.6 Å². The summed E-state index contributed by atoms with van der Waals surface area (Å²) < 4.78 is 15.8. The molecule has 1 atom stereocenters. The fraction of sp³-hybridized carbons (Fsp3) is 0.895. The first-order chi connectivity index (χ1) is 12.7. The van der Waals surface area contributed by atoms with Crippen molar-refractivity contribution in [3.8, 4) is 0 Å². The van der Waals surface area contributed by atoms with Crippen molar-refractivity contribution >= 4 is 12.0 Å². The highest BCUT2D eigenvalue weighted by Crippen LogP contribution is 2.20. The van der Waals surface area contributed by atoms with Crippen molar-refractivity contribution in [3.05, 3.63) is 0 Å². The van der Waals surface area contributed by atoms with Crippen LogP contribution in [-0.2, 0) is 19.0 Å². The molecule has 0 bridgehead atoms. The molecular formula is C19H37N3O5. The van der Waals surface area contributed by atoms with E-state index in [0.29, 0.717) is 19.8 Å². The standard InChI is InChI=1S/C19H37N3O5/c1-19(2,3)27-18(24)21-16(15-7-13-26-14-8-15)17(23)20-9-11-22(4)10-6-12-25-5/h15-16H,6-14H2,1-5H3,(H,20,23)(H,21,24)/t16-/m1/s1. The van der Waals surface area contributed by atoms with Crippen LogP contribution in [-0.4, -0.2) is 82.2 Å². The topological polar surface area (TPSA) is 89.1 Å². The lowest BCUT2D eigenvalue weighted by Gasteiger charge is -2.31. The Kier molecular flexibility index (Phi) is 10.6. The Hall–Kier alpha value is -1.38. The Bertz CT molecular complexity index is 447. The van der Waals surface area contributed by atoms with E-state index in [4.69, 9.17) is 14.2 Å². The maximum absolute atomic E-state index is 12.7. The summed E-state index contributed by atoms with van der Waals surface area (Å²) in [6, 6.07) is -0.609. The second-order valence-corrected chi connectivity index (χ2v) is 8.01. The van der Waals surface area contributed by atoms with Crippen LogP contribution in [0.25, 0.3) is 0 Å². The summed E-state index contributed by atoms with van der Waals surface area (Å²) in [7, 11) is 3.70. The molecule has 0 radical (unpaired) electrons. The van der Waals surface area contributed by atoms with Crippen molar-refractivity contribution < 1.29 is 23.8 Å². The van der Waals surface area contributed by atoms with Crippen LogP contribution in [0.2, 0.25) is 0 Å². The molecule has 8 nitrogen and oxygen atoms in total. The monoisotopic (exact) mass is 387 g/mol. The largest absolute Gasteiger partial charge is 0.444 e. The molecule has 0 saturated carbocycles. The van der Waals surface area contributed by atoms with E-state index in [9.17, 15) is 9.59 Å². The lowest BCUT2D eigenvalue weighted by atomic mass is 9.91. The summed E-state index contributed by atoms with van der Waals surface area (Å²) in [6.45, 7) is 9.51. The van der Waals surface area contributed by atoms with Crippen LogP contribution >= 0.6 is 0 Å². The molecule has 8 heteroatoms. The molecule has 0 aromatic heterocycles. The van der Waals surface area contributed by atoms with E-state index in [1.54, 1.807) is 27.9 Å². The molecule has 27 heavy (non-hydrogen) atoms. The minimum Gasteiger partial charge on any atom is -0.444 e. The molecule has 1 heterocycles. The van der Waals surface area contributed by atoms with E-state index in [-0.39, 0.29) is 11.8 Å². The molecule has 0 aliphatic carbocycles. The Morgan fingerprint density at radius 1 is 1.22 bits per heavy atom. The van der Waals surface area contributed by atoms with E-state index in [1.807, 2.05) is 7.05 Å². The molecule has 158 valence electrons. The van der Waals surface area contributed by atoms with E-state index in [1.165, 1.54) is 0 Å². The molecule has 0 unspecified atom stereocenters. The van der Waals surface area contributed by atoms with Crippen molar-refractivity contribution in [1.29, 1.82) is 0 Å². The van der Waals surface area contributed by atoms with Crippen LogP contribution in [0.3, 0.4) is 0 Å². The lowest BCUT2D eigenvalue weighted by Crippen LogP contribution is -2.53. The third kappa shape index (κ3) is 10.5. The summed E-state index contributed by atoms with van der Waals surface area (Å²) in [4.78, 5) is 27.0. The van der Waals surface area contributed by atoms with Gasteiger partial charge in [0.2, 0.25) is 5.91 Å². The van der Waals surface area contributed by atoms with E-state index < -0.39 is 17.7 Å². The molecule has 0 aromatic rings. The van der Waals surface area contributed by atoms with Gasteiger partial charge in [-0.1, -0.05) is 0 Å². The lowest BCUT2D eigenvalue weighted by molar-refractivity contribution is -0.125. The number of ether oxygens (including phenoxy) is 3. The number of nitrogens with one attached hydrogen (secondary N) is 2. The number of carbonyl (C=O) groups excluding carboxylic acids is 2. The number of likely N-dealkylation sites (N-methyl/N-ethyl adjacent to an activating group) is 1. The first-order valence-electron chi connectivity index (χ1n) is 9.75. The second kappa shape index (κ2) is 12.2. The first kappa shape index (κ1) is 23.7. The Morgan fingerprint density at radius 2 is 1.89 bits per heavy atom. The van der Waals surface area contributed by atoms with Gasteiger partial charge in [-0.2, -0.15) is 0 Å². The van der Waals surface area contributed by atoms with Crippen LogP contribution in [0, 0.1) is 5.92 Å². The zero-order chi connectivity index (χ0) is 20.3. The molecule has 1 aliphatic rings. The predicted octanol–water partition coefficient (Wildman–Crippen LogP) is 1.39. The fourth-order valence-electron chi connectivity index (χ4n) is 2.95. The molecular weight excluding hydrogens is 350 g/mol. The molecule has 0 spiro atoms. The van der Waals surface area contributed by atoms with Crippen LogP contribution in [0.5, 0.6) is 0 Å². The van der Waals surface area contributed by atoms with E-state index in [0.717, 1.165) is 39.0 Å². The summed E-state index contributed by atoms with van der Waals surface area (Å²) in [5, 5.41) is 5.71. The maximum atomic E-state index is 12.7. The van der Waals surface area contributed by atoms with Crippen LogP contribution in [0.4, 0.5) is 4.79 Å². The van der Waals surface area contributed by atoms with Crippen molar-refractivity contribution in [2.45, 2.75) is 51.7 Å². The number of nitrogens with zero attached hydrogens (tertiary/aromatic N) is 1. The minimum absolute atomic E-state index is 0.0469. The number of methoxy groups -OCH3 is 1. The quantitative estimate of drug-likeness (QED) is 0.551. The average molecular weight is 388 g/mol. The van der Waals surface area contributed by atoms with Crippen molar-refractivity contribution in [3.63, 3.8) is 0 Å². The molecule has 1 aliphatic heterocycles. The zero-order valence-corrected chi connectivity index (χ0v) is 17.5.